The van der Waals surface area contributed by atoms with Crippen LogP contribution in [0.15, 0.2) is 24.3 Å². The summed E-state index contributed by atoms with van der Waals surface area (Å²) in [6.07, 6.45) is 0. The molecule has 0 fully saturated rings. The Balaban J connectivity index is 2.64. The van der Waals surface area contributed by atoms with Gasteiger partial charge in [-0.1, -0.05) is 11.6 Å². The Morgan fingerprint density at radius 1 is 1.18 bits per heavy atom. The number of nitrogens with zero attached hydrogens (tertiary/aromatic N) is 1. The van der Waals surface area contributed by atoms with Crippen LogP contribution >= 0.6 is 11.6 Å². The van der Waals surface area contributed by atoms with Crippen LogP contribution in [0, 0.1) is 20.8 Å². The van der Waals surface area contributed by atoms with E-state index >= 15 is 0 Å². The molecule has 1 aromatic heterocycles. The molecular formula is C14H17ClN2. The lowest BCUT2D eigenvalue weighted by atomic mass is 10.2. The standard InChI is InChI=1S/C14H17ClN2/c1-9-6-13(15)4-5-14(9)17-10(2)7-12(8-16)11(17)3/h4-7H,8,16H2,1-3H3. The molecule has 90 valence electrons. The summed E-state index contributed by atoms with van der Waals surface area (Å²) in [4.78, 5) is 0. The molecule has 0 bridgehead atoms. The maximum Gasteiger partial charge on any atom is 0.0485 e. The van der Waals surface area contributed by atoms with Gasteiger partial charge in [0.1, 0.15) is 0 Å². The van der Waals surface area contributed by atoms with Crippen molar-refractivity contribution in [3.05, 3.63) is 51.8 Å². The fourth-order valence-electron chi connectivity index (χ4n) is 2.28. The van der Waals surface area contributed by atoms with Crippen LogP contribution in [0.5, 0.6) is 0 Å². The van der Waals surface area contributed by atoms with Gasteiger partial charge >= 0.3 is 0 Å². The number of benzene rings is 1. The van der Waals surface area contributed by atoms with E-state index in [0.29, 0.717) is 6.54 Å². The number of hydrogen-bond acceptors (Lipinski definition) is 1. The van der Waals surface area contributed by atoms with Gasteiger partial charge < -0.3 is 10.3 Å². The first-order valence-corrected chi connectivity index (χ1v) is 6.06. The molecule has 0 aliphatic rings. The maximum atomic E-state index is 5.99. The van der Waals surface area contributed by atoms with E-state index < -0.39 is 0 Å². The van der Waals surface area contributed by atoms with Crippen LogP contribution in [0.4, 0.5) is 0 Å². The molecule has 1 heterocycles. The van der Waals surface area contributed by atoms with E-state index in [1.165, 1.54) is 28.2 Å². The summed E-state index contributed by atoms with van der Waals surface area (Å²) in [6, 6.07) is 8.10. The summed E-state index contributed by atoms with van der Waals surface area (Å²) in [5, 5.41) is 0.771. The van der Waals surface area contributed by atoms with E-state index in [0.717, 1.165) is 5.02 Å². The van der Waals surface area contributed by atoms with Crippen molar-refractivity contribution in [2.24, 2.45) is 5.73 Å². The van der Waals surface area contributed by atoms with Gasteiger partial charge in [0.2, 0.25) is 0 Å². The number of hydrogen-bond donors (Lipinski definition) is 1. The quantitative estimate of drug-likeness (QED) is 0.866. The molecule has 1 aromatic carbocycles. The summed E-state index contributed by atoms with van der Waals surface area (Å²) in [5.74, 6) is 0. The first-order chi connectivity index (χ1) is 8.04. The second-order valence-corrected chi connectivity index (χ2v) is 4.80. The molecule has 0 amide bonds. The van der Waals surface area contributed by atoms with Crippen LogP contribution in [-0.2, 0) is 6.54 Å². The van der Waals surface area contributed by atoms with Crippen LogP contribution < -0.4 is 5.73 Å². The van der Waals surface area contributed by atoms with Gasteiger partial charge in [-0.25, -0.2) is 0 Å². The summed E-state index contributed by atoms with van der Waals surface area (Å²) < 4.78 is 2.23. The fourth-order valence-corrected chi connectivity index (χ4v) is 2.50. The Labute approximate surface area is 107 Å². The predicted molar refractivity (Wildman–Crippen MR) is 72.9 cm³/mol. The zero-order valence-electron chi connectivity index (χ0n) is 10.4. The second kappa shape index (κ2) is 4.55. The lowest BCUT2D eigenvalue weighted by Gasteiger charge is -2.13. The predicted octanol–water partition coefficient (Wildman–Crippen LogP) is 3.51. The summed E-state index contributed by atoms with van der Waals surface area (Å²) in [7, 11) is 0. The monoisotopic (exact) mass is 248 g/mol. The molecule has 0 atom stereocenters. The smallest absolute Gasteiger partial charge is 0.0485 e. The van der Waals surface area contributed by atoms with E-state index in [1.54, 1.807) is 0 Å². The second-order valence-electron chi connectivity index (χ2n) is 4.37. The third-order valence-corrected chi connectivity index (χ3v) is 3.39. The van der Waals surface area contributed by atoms with Gasteiger partial charge in [0.05, 0.1) is 0 Å². The Morgan fingerprint density at radius 2 is 1.88 bits per heavy atom. The van der Waals surface area contributed by atoms with Crippen molar-refractivity contribution in [3.8, 4) is 5.69 Å². The van der Waals surface area contributed by atoms with Crippen LogP contribution in [0.25, 0.3) is 5.69 Å². The molecule has 3 heteroatoms. The van der Waals surface area contributed by atoms with Crippen LogP contribution in [0.3, 0.4) is 0 Å². The minimum absolute atomic E-state index is 0.576. The summed E-state index contributed by atoms with van der Waals surface area (Å²) in [5.41, 5.74) is 11.7. The van der Waals surface area contributed by atoms with Crippen molar-refractivity contribution in [2.45, 2.75) is 27.3 Å². The average molecular weight is 249 g/mol. The molecule has 2 aromatic rings. The summed E-state index contributed by atoms with van der Waals surface area (Å²) >= 11 is 5.99. The van der Waals surface area contributed by atoms with Crippen LogP contribution in [-0.4, -0.2) is 4.57 Å². The van der Waals surface area contributed by atoms with Gasteiger partial charge in [0.25, 0.3) is 0 Å². The highest BCUT2D eigenvalue weighted by atomic mass is 35.5. The number of aryl methyl sites for hydroxylation is 2. The van der Waals surface area contributed by atoms with E-state index in [1.807, 2.05) is 12.1 Å². The highest BCUT2D eigenvalue weighted by Gasteiger charge is 2.11. The molecule has 2 N–H and O–H groups in total. The third-order valence-electron chi connectivity index (χ3n) is 3.16. The molecule has 0 saturated heterocycles. The zero-order chi connectivity index (χ0) is 12.6. The normalized spacial score (nSPS) is 10.9. The van der Waals surface area contributed by atoms with Crippen LogP contribution in [0.1, 0.15) is 22.5 Å². The SMILES string of the molecule is Cc1cc(Cl)ccc1-n1c(C)cc(CN)c1C. The lowest BCUT2D eigenvalue weighted by molar-refractivity contribution is 0.935. The third kappa shape index (κ3) is 2.11. The van der Waals surface area contributed by atoms with E-state index in [2.05, 4.69) is 37.5 Å². The van der Waals surface area contributed by atoms with Crippen molar-refractivity contribution < 1.29 is 0 Å². The van der Waals surface area contributed by atoms with E-state index in [4.69, 9.17) is 17.3 Å². The highest BCUT2D eigenvalue weighted by Crippen LogP contribution is 2.24. The Hall–Kier alpha value is -1.25. The first kappa shape index (κ1) is 12.2. The highest BCUT2D eigenvalue weighted by molar-refractivity contribution is 6.30. The Morgan fingerprint density at radius 3 is 2.41 bits per heavy atom. The minimum atomic E-state index is 0.576. The van der Waals surface area contributed by atoms with E-state index in [-0.39, 0.29) is 0 Å². The average Bonchev–Trinajstić information content (AvgIpc) is 2.55. The topological polar surface area (TPSA) is 30.9 Å². The van der Waals surface area contributed by atoms with Gasteiger partial charge in [0, 0.05) is 28.6 Å². The lowest BCUT2D eigenvalue weighted by Crippen LogP contribution is -2.03. The van der Waals surface area contributed by atoms with Crippen molar-refractivity contribution in [3.63, 3.8) is 0 Å². The first-order valence-electron chi connectivity index (χ1n) is 5.69. The molecule has 0 unspecified atom stereocenters. The van der Waals surface area contributed by atoms with Crippen molar-refractivity contribution in [1.82, 2.24) is 4.57 Å². The molecule has 0 aliphatic carbocycles. The van der Waals surface area contributed by atoms with Gasteiger partial charge in [0.15, 0.2) is 0 Å². The number of aromatic nitrogens is 1. The molecule has 2 rings (SSSR count). The van der Waals surface area contributed by atoms with Crippen molar-refractivity contribution in [2.75, 3.05) is 0 Å². The van der Waals surface area contributed by atoms with Gasteiger partial charge in [-0.2, -0.15) is 0 Å². The fraction of sp³-hybridized carbons (Fsp3) is 0.286. The summed E-state index contributed by atoms with van der Waals surface area (Å²) in [6.45, 7) is 6.85. The van der Waals surface area contributed by atoms with Crippen molar-refractivity contribution >= 4 is 11.6 Å². The number of nitrogens with two attached hydrogens (primary N) is 1. The largest absolute Gasteiger partial charge is 0.326 e. The number of rotatable bonds is 2. The van der Waals surface area contributed by atoms with Gasteiger partial charge in [-0.3, -0.25) is 0 Å². The molecule has 0 spiro atoms. The zero-order valence-corrected chi connectivity index (χ0v) is 11.2. The van der Waals surface area contributed by atoms with Crippen molar-refractivity contribution in [1.29, 1.82) is 0 Å². The molecule has 0 saturated carbocycles. The molecule has 0 radical (unpaired) electrons. The minimum Gasteiger partial charge on any atom is -0.326 e. The molecule has 2 nitrogen and oxygen atoms in total. The van der Waals surface area contributed by atoms with Crippen LogP contribution in [0.2, 0.25) is 5.02 Å². The molecular weight excluding hydrogens is 232 g/mol. The van der Waals surface area contributed by atoms with Gasteiger partial charge in [-0.05, 0) is 56.2 Å². The Bertz CT molecular complexity index is 556. The van der Waals surface area contributed by atoms with E-state index in [9.17, 15) is 0 Å². The molecule has 0 aliphatic heterocycles. The molecule has 17 heavy (non-hydrogen) atoms. The number of halogens is 1. The van der Waals surface area contributed by atoms with Gasteiger partial charge in [-0.15, -0.1) is 0 Å². The Kier molecular flexibility index (Phi) is 3.27. The maximum absolute atomic E-state index is 5.99.